The van der Waals surface area contributed by atoms with E-state index in [1.165, 1.54) is 11.1 Å². The maximum absolute atomic E-state index is 5.60. The number of aromatic nitrogens is 1. The van der Waals surface area contributed by atoms with E-state index in [2.05, 4.69) is 16.4 Å². The molecule has 1 rings (SSSR count). The van der Waals surface area contributed by atoms with Crippen LogP contribution in [0, 0.1) is 6.92 Å². The van der Waals surface area contributed by atoms with Gasteiger partial charge in [0.1, 0.15) is 0 Å². The van der Waals surface area contributed by atoms with Crippen molar-refractivity contribution >= 4 is 0 Å². The van der Waals surface area contributed by atoms with Gasteiger partial charge in [-0.25, -0.2) is 0 Å². The number of pyridine rings is 1. The van der Waals surface area contributed by atoms with Crippen molar-refractivity contribution in [3.05, 3.63) is 29.6 Å². The van der Waals surface area contributed by atoms with Crippen molar-refractivity contribution in [3.63, 3.8) is 0 Å². The summed E-state index contributed by atoms with van der Waals surface area (Å²) in [6.07, 6.45) is 4.01. The summed E-state index contributed by atoms with van der Waals surface area (Å²) in [6.45, 7) is 6.81. The normalized spacial score (nSPS) is 13.1. The Kier molecular flexibility index (Phi) is 4.72. The first-order chi connectivity index (χ1) is 7.13. The average molecular weight is 208 g/mol. The molecule has 0 fully saturated rings. The fourth-order valence-electron chi connectivity index (χ4n) is 1.40. The molecule has 84 valence electrons. The van der Waals surface area contributed by atoms with Gasteiger partial charge in [-0.15, -0.1) is 0 Å². The number of nitrogens with one attached hydrogen (secondary N) is 1. The van der Waals surface area contributed by atoms with Crippen LogP contribution in [-0.2, 0) is 4.74 Å². The van der Waals surface area contributed by atoms with Crippen molar-refractivity contribution < 1.29 is 4.74 Å². The van der Waals surface area contributed by atoms with Gasteiger partial charge in [0, 0.05) is 12.4 Å². The minimum atomic E-state index is 0.222. The van der Waals surface area contributed by atoms with E-state index < -0.39 is 0 Å². The smallest absolute Gasteiger partial charge is 0.0665 e. The fourth-order valence-corrected chi connectivity index (χ4v) is 1.40. The molecule has 0 amide bonds. The Morgan fingerprint density at radius 2 is 2.13 bits per heavy atom. The molecule has 0 aromatic carbocycles. The number of hydrogen-bond acceptors (Lipinski definition) is 3. The van der Waals surface area contributed by atoms with Gasteiger partial charge < -0.3 is 10.1 Å². The summed E-state index contributed by atoms with van der Waals surface area (Å²) < 4.78 is 5.60. The van der Waals surface area contributed by atoms with Crippen LogP contribution >= 0.6 is 0 Å². The third-order valence-corrected chi connectivity index (χ3v) is 2.24. The fraction of sp³-hybridized carbons (Fsp3) is 0.583. The van der Waals surface area contributed by atoms with E-state index in [9.17, 15) is 0 Å². The van der Waals surface area contributed by atoms with Crippen molar-refractivity contribution in [1.82, 2.24) is 10.3 Å². The number of hydrogen-bond donors (Lipinski definition) is 1. The van der Waals surface area contributed by atoms with Crippen LogP contribution in [-0.4, -0.2) is 24.7 Å². The molecule has 0 spiro atoms. The van der Waals surface area contributed by atoms with Gasteiger partial charge >= 0.3 is 0 Å². The van der Waals surface area contributed by atoms with Crippen LogP contribution in [0.3, 0.4) is 0 Å². The predicted molar refractivity (Wildman–Crippen MR) is 61.9 cm³/mol. The Hall–Kier alpha value is -0.930. The van der Waals surface area contributed by atoms with Crippen LogP contribution in [0.25, 0.3) is 0 Å². The average Bonchev–Trinajstić information content (AvgIpc) is 2.18. The Morgan fingerprint density at radius 1 is 1.40 bits per heavy atom. The zero-order valence-corrected chi connectivity index (χ0v) is 9.95. The Morgan fingerprint density at radius 3 is 2.67 bits per heavy atom. The molecule has 3 nitrogen and oxygen atoms in total. The molecule has 0 saturated carbocycles. The molecule has 0 aliphatic carbocycles. The lowest BCUT2D eigenvalue weighted by Crippen LogP contribution is -2.23. The van der Waals surface area contributed by atoms with Crippen LogP contribution in [0.2, 0.25) is 0 Å². The van der Waals surface area contributed by atoms with E-state index in [-0.39, 0.29) is 12.1 Å². The lowest BCUT2D eigenvalue weighted by molar-refractivity contribution is 0.0625. The molecule has 15 heavy (non-hydrogen) atoms. The van der Waals surface area contributed by atoms with Crippen LogP contribution in [0.5, 0.6) is 0 Å². The molecule has 1 heterocycles. The third-order valence-electron chi connectivity index (χ3n) is 2.24. The highest BCUT2D eigenvalue weighted by atomic mass is 16.5. The van der Waals surface area contributed by atoms with E-state index in [0.29, 0.717) is 6.61 Å². The van der Waals surface area contributed by atoms with Gasteiger partial charge in [0.2, 0.25) is 0 Å². The second-order valence-corrected chi connectivity index (χ2v) is 4.02. The molecule has 0 saturated heterocycles. The molecular formula is C12H20N2O. The maximum Gasteiger partial charge on any atom is 0.0665 e. The van der Waals surface area contributed by atoms with Crippen LogP contribution in [0.15, 0.2) is 18.5 Å². The number of aryl methyl sites for hydroxylation is 1. The van der Waals surface area contributed by atoms with Gasteiger partial charge in [-0.1, -0.05) is 6.07 Å². The molecule has 0 aliphatic heterocycles. The molecule has 3 heteroatoms. The first kappa shape index (κ1) is 12.1. The van der Waals surface area contributed by atoms with Gasteiger partial charge in [-0.05, 0) is 38.9 Å². The standard InChI is InChI=1S/C12H20N2O/c1-9(2)15-8-12(13-4)11-5-10(3)6-14-7-11/h5-7,9,12-13H,8H2,1-4H3. The van der Waals surface area contributed by atoms with Crippen LogP contribution in [0.4, 0.5) is 0 Å². The second kappa shape index (κ2) is 5.83. The summed E-state index contributed by atoms with van der Waals surface area (Å²) in [4.78, 5) is 4.18. The summed E-state index contributed by atoms with van der Waals surface area (Å²) in [5.41, 5.74) is 2.36. The van der Waals surface area contributed by atoms with Crippen molar-refractivity contribution in [2.24, 2.45) is 0 Å². The molecule has 0 bridgehead atoms. The summed E-state index contributed by atoms with van der Waals surface area (Å²) in [7, 11) is 1.94. The van der Waals surface area contributed by atoms with Gasteiger partial charge in [0.05, 0.1) is 18.8 Å². The topological polar surface area (TPSA) is 34.1 Å². The summed E-state index contributed by atoms with van der Waals surface area (Å²) >= 11 is 0. The van der Waals surface area contributed by atoms with E-state index >= 15 is 0 Å². The summed E-state index contributed by atoms with van der Waals surface area (Å²) in [6, 6.07) is 2.36. The van der Waals surface area contributed by atoms with Crippen LogP contribution in [0.1, 0.15) is 31.0 Å². The number of likely N-dealkylation sites (N-methyl/N-ethyl adjacent to an activating group) is 1. The zero-order chi connectivity index (χ0) is 11.3. The van der Waals surface area contributed by atoms with Gasteiger partial charge in [0.15, 0.2) is 0 Å². The lowest BCUT2D eigenvalue weighted by atomic mass is 10.1. The Balaban J connectivity index is 2.65. The highest BCUT2D eigenvalue weighted by Crippen LogP contribution is 2.13. The van der Waals surface area contributed by atoms with Crippen molar-refractivity contribution in [2.75, 3.05) is 13.7 Å². The first-order valence-electron chi connectivity index (χ1n) is 5.34. The third kappa shape index (κ3) is 3.98. The van der Waals surface area contributed by atoms with E-state index in [4.69, 9.17) is 4.74 Å². The predicted octanol–water partition coefficient (Wildman–Crippen LogP) is 2.08. The van der Waals surface area contributed by atoms with Gasteiger partial charge in [-0.3, -0.25) is 4.98 Å². The molecule has 1 aromatic heterocycles. The van der Waals surface area contributed by atoms with E-state index in [1.807, 2.05) is 40.2 Å². The molecular weight excluding hydrogens is 188 g/mol. The quantitative estimate of drug-likeness (QED) is 0.804. The zero-order valence-electron chi connectivity index (χ0n) is 9.95. The van der Waals surface area contributed by atoms with Gasteiger partial charge in [0.25, 0.3) is 0 Å². The molecule has 1 atom stereocenters. The number of nitrogens with zero attached hydrogens (tertiary/aromatic N) is 1. The van der Waals surface area contributed by atoms with Gasteiger partial charge in [-0.2, -0.15) is 0 Å². The Labute approximate surface area is 91.9 Å². The largest absolute Gasteiger partial charge is 0.377 e. The minimum absolute atomic E-state index is 0.222. The van der Waals surface area contributed by atoms with Crippen molar-refractivity contribution in [2.45, 2.75) is 32.9 Å². The summed E-state index contributed by atoms with van der Waals surface area (Å²) in [5, 5.41) is 3.24. The highest BCUT2D eigenvalue weighted by molar-refractivity contribution is 5.20. The number of ether oxygens (including phenoxy) is 1. The second-order valence-electron chi connectivity index (χ2n) is 4.02. The van der Waals surface area contributed by atoms with Crippen molar-refractivity contribution in [3.8, 4) is 0 Å². The van der Waals surface area contributed by atoms with Crippen LogP contribution < -0.4 is 5.32 Å². The number of rotatable bonds is 5. The molecule has 1 N–H and O–H groups in total. The monoisotopic (exact) mass is 208 g/mol. The molecule has 1 aromatic rings. The SMILES string of the molecule is CNC(COC(C)C)c1cncc(C)c1. The molecule has 0 radical (unpaired) electrons. The van der Waals surface area contributed by atoms with E-state index in [1.54, 1.807) is 0 Å². The first-order valence-corrected chi connectivity index (χ1v) is 5.34. The van der Waals surface area contributed by atoms with E-state index in [0.717, 1.165) is 0 Å². The molecule has 0 aliphatic rings. The summed E-state index contributed by atoms with van der Waals surface area (Å²) in [5.74, 6) is 0. The lowest BCUT2D eigenvalue weighted by Gasteiger charge is -2.18. The minimum Gasteiger partial charge on any atom is -0.377 e. The van der Waals surface area contributed by atoms with Crippen molar-refractivity contribution in [1.29, 1.82) is 0 Å². The highest BCUT2D eigenvalue weighted by Gasteiger charge is 2.10. The molecule has 1 unspecified atom stereocenters. The Bertz CT molecular complexity index is 299. The maximum atomic E-state index is 5.60.